The van der Waals surface area contributed by atoms with E-state index < -0.39 is 5.60 Å². The van der Waals surface area contributed by atoms with Gasteiger partial charge >= 0.3 is 0 Å². The first-order chi connectivity index (χ1) is 12.1. The van der Waals surface area contributed by atoms with Gasteiger partial charge in [-0.3, -0.25) is 0 Å². The Morgan fingerprint density at radius 3 is 2.08 bits per heavy atom. The van der Waals surface area contributed by atoms with Crippen LogP contribution in [-0.2, 0) is 0 Å². The first-order valence-corrected chi connectivity index (χ1v) is 9.70. The van der Waals surface area contributed by atoms with E-state index in [9.17, 15) is 5.21 Å². The highest BCUT2D eigenvalue weighted by Crippen LogP contribution is 2.33. The molecule has 1 aromatic rings. The summed E-state index contributed by atoms with van der Waals surface area (Å²) in [7, 11) is 2.18. The molecular formula is C20H36N4O2. The molecule has 148 valence electrons. The third-order valence-electron chi connectivity index (χ3n) is 4.76. The lowest BCUT2D eigenvalue weighted by molar-refractivity contribution is -0.106. The number of aliphatic hydroxyl groups is 1. The van der Waals surface area contributed by atoms with Crippen molar-refractivity contribution in [2.24, 2.45) is 0 Å². The number of pyridine rings is 1. The number of nitrogens with zero attached hydrogens (tertiary/aromatic N) is 4. The average Bonchev–Trinajstić information content (AvgIpc) is 2.55. The number of rotatable bonds is 2. The van der Waals surface area contributed by atoms with Crippen molar-refractivity contribution < 1.29 is 10.3 Å². The summed E-state index contributed by atoms with van der Waals surface area (Å²) in [6.45, 7) is 13.1. The number of anilines is 1. The Hall–Kier alpha value is -1.21. The SMILES string of the molecule is CC(C)(C)O.Cc1ccc(C2CCN(O)CC2)c(N2CCN(C)CC2)n1. The summed E-state index contributed by atoms with van der Waals surface area (Å²) in [5.41, 5.74) is 1.96. The molecule has 0 spiro atoms. The molecule has 0 unspecified atom stereocenters. The van der Waals surface area contributed by atoms with Crippen LogP contribution in [0.4, 0.5) is 5.82 Å². The van der Waals surface area contributed by atoms with Gasteiger partial charge in [-0.1, -0.05) is 6.07 Å². The number of hydrogen-bond donors (Lipinski definition) is 2. The highest BCUT2D eigenvalue weighted by atomic mass is 16.5. The zero-order valence-electron chi connectivity index (χ0n) is 17.1. The molecule has 3 rings (SSSR count). The van der Waals surface area contributed by atoms with Gasteiger partial charge in [0.25, 0.3) is 0 Å². The van der Waals surface area contributed by atoms with Crippen molar-refractivity contribution in [3.63, 3.8) is 0 Å². The molecule has 0 atom stereocenters. The molecule has 0 amide bonds. The van der Waals surface area contributed by atoms with Crippen molar-refractivity contribution in [3.05, 3.63) is 23.4 Å². The van der Waals surface area contributed by atoms with Crippen LogP contribution in [0.1, 0.15) is 50.8 Å². The van der Waals surface area contributed by atoms with Gasteiger partial charge in [0.1, 0.15) is 5.82 Å². The molecule has 0 aromatic carbocycles. The zero-order valence-corrected chi connectivity index (χ0v) is 17.1. The maximum absolute atomic E-state index is 9.57. The fourth-order valence-corrected chi connectivity index (χ4v) is 3.32. The fraction of sp³-hybridized carbons (Fsp3) is 0.750. The summed E-state index contributed by atoms with van der Waals surface area (Å²) in [6.07, 6.45) is 2.03. The zero-order chi connectivity index (χ0) is 19.3. The second-order valence-electron chi connectivity index (χ2n) is 8.55. The van der Waals surface area contributed by atoms with Gasteiger partial charge in [0.2, 0.25) is 0 Å². The van der Waals surface area contributed by atoms with Gasteiger partial charge in [-0.25, -0.2) is 4.98 Å². The molecule has 2 fully saturated rings. The molecule has 6 nitrogen and oxygen atoms in total. The van der Waals surface area contributed by atoms with Crippen molar-refractivity contribution in [2.45, 2.75) is 52.1 Å². The molecule has 26 heavy (non-hydrogen) atoms. The Balaban J connectivity index is 0.000000431. The monoisotopic (exact) mass is 364 g/mol. The predicted octanol–water partition coefficient (Wildman–Crippen LogP) is 2.49. The van der Waals surface area contributed by atoms with Crippen molar-refractivity contribution in [3.8, 4) is 0 Å². The summed E-state index contributed by atoms with van der Waals surface area (Å²) in [4.78, 5) is 9.66. The van der Waals surface area contributed by atoms with E-state index in [0.29, 0.717) is 5.92 Å². The van der Waals surface area contributed by atoms with Crippen molar-refractivity contribution in [1.29, 1.82) is 0 Å². The van der Waals surface area contributed by atoms with E-state index >= 15 is 0 Å². The van der Waals surface area contributed by atoms with Crippen molar-refractivity contribution >= 4 is 5.82 Å². The van der Waals surface area contributed by atoms with E-state index in [1.54, 1.807) is 20.8 Å². The minimum absolute atomic E-state index is 0.500. The molecule has 0 bridgehead atoms. The first kappa shape index (κ1) is 21.1. The molecule has 6 heteroatoms. The Bertz CT molecular complexity index is 551. The standard InChI is InChI=1S/C16H26N4O.C4H10O/c1-13-3-4-15(14-5-7-20(21)8-6-14)16(17-13)19-11-9-18(2)10-12-19;1-4(2,3)5/h3-4,14,21H,5-12H2,1-2H3;5H,1-3H3. The van der Waals surface area contributed by atoms with Crippen molar-refractivity contribution in [1.82, 2.24) is 14.9 Å². The second-order valence-corrected chi connectivity index (χ2v) is 8.55. The maximum atomic E-state index is 9.57. The molecule has 0 saturated carbocycles. The van der Waals surface area contributed by atoms with E-state index in [0.717, 1.165) is 57.8 Å². The number of aryl methyl sites for hydroxylation is 1. The van der Waals surface area contributed by atoms with E-state index in [1.807, 2.05) is 0 Å². The summed E-state index contributed by atoms with van der Waals surface area (Å²) >= 11 is 0. The third-order valence-corrected chi connectivity index (χ3v) is 4.76. The van der Waals surface area contributed by atoms with Crippen LogP contribution < -0.4 is 4.90 Å². The largest absolute Gasteiger partial charge is 0.391 e. The van der Waals surface area contributed by atoms with Gasteiger partial charge in [0.15, 0.2) is 0 Å². The fourth-order valence-electron chi connectivity index (χ4n) is 3.32. The number of aromatic nitrogens is 1. The van der Waals surface area contributed by atoms with Crippen LogP contribution in [0.5, 0.6) is 0 Å². The molecule has 0 aliphatic carbocycles. The van der Waals surface area contributed by atoms with E-state index in [-0.39, 0.29) is 0 Å². The molecule has 2 N–H and O–H groups in total. The first-order valence-electron chi connectivity index (χ1n) is 9.70. The molecular weight excluding hydrogens is 328 g/mol. The maximum Gasteiger partial charge on any atom is 0.132 e. The van der Waals surface area contributed by atoms with Crippen LogP contribution in [0.2, 0.25) is 0 Å². The van der Waals surface area contributed by atoms with Crippen LogP contribution in [0.3, 0.4) is 0 Å². The van der Waals surface area contributed by atoms with Gasteiger partial charge in [0.05, 0.1) is 5.60 Å². The molecule has 2 aliphatic heterocycles. The topological polar surface area (TPSA) is 63.1 Å². The molecule has 0 radical (unpaired) electrons. The minimum atomic E-state index is -0.500. The van der Waals surface area contributed by atoms with E-state index in [1.165, 1.54) is 16.4 Å². The summed E-state index contributed by atoms with van der Waals surface area (Å²) in [6, 6.07) is 4.38. The van der Waals surface area contributed by atoms with Crippen LogP contribution in [0.25, 0.3) is 0 Å². The third kappa shape index (κ3) is 6.83. The summed E-state index contributed by atoms with van der Waals surface area (Å²) < 4.78 is 0. The van der Waals surface area contributed by atoms with Gasteiger partial charge in [-0.15, -0.1) is 0 Å². The predicted molar refractivity (Wildman–Crippen MR) is 106 cm³/mol. The van der Waals surface area contributed by atoms with Crippen LogP contribution >= 0.6 is 0 Å². The van der Waals surface area contributed by atoms with Gasteiger partial charge < -0.3 is 20.1 Å². The summed E-state index contributed by atoms with van der Waals surface area (Å²) in [5, 5.41) is 19.5. The number of hydroxylamine groups is 2. The summed E-state index contributed by atoms with van der Waals surface area (Å²) in [5.74, 6) is 1.70. The minimum Gasteiger partial charge on any atom is -0.391 e. The molecule has 2 saturated heterocycles. The van der Waals surface area contributed by atoms with Crippen LogP contribution in [0.15, 0.2) is 12.1 Å². The van der Waals surface area contributed by atoms with Gasteiger partial charge in [-0.2, -0.15) is 5.06 Å². The Kier molecular flexibility index (Phi) is 7.41. The van der Waals surface area contributed by atoms with Gasteiger partial charge in [0, 0.05) is 45.0 Å². The number of piperazine rings is 1. The number of piperidine rings is 1. The van der Waals surface area contributed by atoms with Crippen molar-refractivity contribution in [2.75, 3.05) is 51.2 Å². The highest BCUT2D eigenvalue weighted by molar-refractivity contribution is 5.50. The molecule has 3 heterocycles. The second kappa shape index (κ2) is 9.13. The number of likely N-dealkylation sites (N-methyl/N-ethyl adjacent to an activating group) is 1. The quantitative estimate of drug-likeness (QED) is 0.841. The van der Waals surface area contributed by atoms with Crippen LogP contribution in [0, 0.1) is 6.92 Å². The molecule has 2 aliphatic rings. The normalized spacial score (nSPS) is 20.7. The smallest absolute Gasteiger partial charge is 0.132 e. The lowest BCUT2D eigenvalue weighted by Crippen LogP contribution is -2.45. The highest BCUT2D eigenvalue weighted by Gasteiger charge is 2.25. The number of hydrogen-bond acceptors (Lipinski definition) is 6. The lowest BCUT2D eigenvalue weighted by atomic mass is 9.90. The van der Waals surface area contributed by atoms with E-state index in [2.05, 4.69) is 35.9 Å². The van der Waals surface area contributed by atoms with Crippen LogP contribution in [-0.4, -0.2) is 77.2 Å². The Labute approximate surface area is 158 Å². The van der Waals surface area contributed by atoms with Gasteiger partial charge in [-0.05, 0) is 65.1 Å². The Morgan fingerprint density at radius 2 is 1.54 bits per heavy atom. The lowest BCUT2D eigenvalue weighted by Gasteiger charge is -2.36. The Morgan fingerprint density at radius 1 is 1.00 bits per heavy atom. The molecule has 1 aromatic heterocycles. The average molecular weight is 365 g/mol. The van der Waals surface area contributed by atoms with E-state index in [4.69, 9.17) is 10.1 Å².